The molecule has 0 N–H and O–H groups in total. The van der Waals surface area contributed by atoms with Crippen molar-refractivity contribution >= 4 is 11.9 Å². The third-order valence-corrected chi connectivity index (χ3v) is 7.48. The van der Waals surface area contributed by atoms with Gasteiger partial charge in [0.15, 0.2) is 0 Å². The van der Waals surface area contributed by atoms with E-state index in [1.807, 2.05) is 6.07 Å². The van der Waals surface area contributed by atoms with Gasteiger partial charge in [0.05, 0.1) is 0 Å². The van der Waals surface area contributed by atoms with E-state index in [2.05, 4.69) is 19.9 Å². The monoisotopic (exact) mass is 370 g/mol. The maximum Gasteiger partial charge on any atom is 0.308 e. The molecule has 4 heteroatoms. The number of carbonyl (C=O) groups is 2. The summed E-state index contributed by atoms with van der Waals surface area (Å²) >= 11 is 0. The van der Waals surface area contributed by atoms with Gasteiger partial charge >= 0.3 is 11.9 Å². The van der Waals surface area contributed by atoms with Crippen LogP contribution in [-0.4, -0.2) is 18.0 Å². The van der Waals surface area contributed by atoms with E-state index in [9.17, 15) is 9.59 Å². The van der Waals surface area contributed by atoms with E-state index in [-0.39, 0.29) is 23.5 Å². The Hall–Kier alpha value is -1.84. The first-order valence-corrected chi connectivity index (χ1v) is 10.3. The van der Waals surface area contributed by atoms with Crippen LogP contribution in [0.3, 0.4) is 0 Å². The Kier molecular flexibility index (Phi) is 4.56. The van der Waals surface area contributed by atoms with Gasteiger partial charge in [0.1, 0.15) is 11.9 Å². The van der Waals surface area contributed by atoms with Crippen LogP contribution in [0, 0.1) is 24.2 Å². The first-order chi connectivity index (χ1) is 12.8. The molecule has 4 nitrogen and oxygen atoms in total. The van der Waals surface area contributed by atoms with Crippen molar-refractivity contribution in [2.24, 2.45) is 17.3 Å². The zero-order valence-corrected chi connectivity index (χ0v) is 16.8. The fourth-order valence-corrected chi connectivity index (χ4v) is 6.51. The molecule has 3 aliphatic carbocycles. The minimum absolute atomic E-state index is 0.0785. The molecule has 0 radical (unpaired) electrons. The van der Waals surface area contributed by atoms with Crippen molar-refractivity contribution < 1.29 is 19.1 Å². The molecule has 0 spiro atoms. The lowest BCUT2D eigenvalue weighted by Gasteiger charge is -2.50. The van der Waals surface area contributed by atoms with Crippen molar-refractivity contribution in [1.82, 2.24) is 0 Å². The van der Waals surface area contributed by atoms with Crippen molar-refractivity contribution in [3.63, 3.8) is 0 Å². The van der Waals surface area contributed by atoms with Crippen molar-refractivity contribution in [2.75, 3.05) is 0 Å². The molecule has 4 rings (SSSR count). The van der Waals surface area contributed by atoms with Gasteiger partial charge in [-0.1, -0.05) is 6.92 Å². The number of rotatable bonds is 2. The molecule has 0 aromatic heterocycles. The van der Waals surface area contributed by atoms with E-state index in [4.69, 9.17) is 9.47 Å². The Morgan fingerprint density at radius 1 is 1.07 bits per heavy atom. The Balaban J connectivity index is 1.63. The minimum atomic E-state index is -0.265. The van der Waals surface area contributed by atoms with E-state index >= 15 is 0 Å². The second kappa shape index (κ2) is 6.65. The van der Waals surface area contributed by atoms with Crippen LogP contribution in [0.25, 0.3) is 0 Å². The molecule has 0 aliphatic heterocycles. The fraction of sp³-hybridized carbons (Fsp3) is 0.652. The molecule has 3 aliphatic rings. The summed E-state index contributed by atoms with van der Waals surface area (Å²) in [5.74, 6) is 2.13. The molecule has 2 saturated carbocycles. The van der Waals surface area contributed by atoms with Crippen LogP contribution >= 0.6 is 0 Å². The first-order valence-electron chi connectivity index (χ1n) is 10.3. The van der Waals surface area contributed by atoms with E-state index < -0.39 is 0 Å². The Morgan fingerprint density at radius 3 is 2.56 bits per heavy atom. The van der Waals surface area contributed by atoms with Gasteiger partial charge in [0, 0.05) is 19.3 Å². The number of fused-ring (bicyclic) bond motifs is 5. The highest BCUT2D eigenvalue weighted by atomic mass is 16.5. The van der Waals surface area contributed by atoms with Gasteiger partial charge in [-0.3, -0.25) is 9.59 Å². The number of benzene rings is 1. The number of aryl methyl sites for hydroxylation is 2. The number of esters is 2. The molecule has 0 heterocycles. The number of hydrogen-bond acceptors (Lipinski definition) is 4. The van der Waals surface area contributed by atoms with Gasteiger partial charge in [0.2, 0.25) is 0 Å². The number of ether oxygens (including phenoxy) is 2. The minimum Gasteiger partial charge on any atom is -0.462 e. The van der Waals surface area contributed by atoms with Gasteiger partial charge in [-0.05, 0) is 92.0 Å². The molecule has 2 fully saturated rings. The summed E-state index contributed by atoms with van der Waals surface area (Å²) in [5, 5.41) is 0. The lowest BCUT2D eigenvalue weighted by Crippen LogP contribution is -2.45. The van der Waals surface area contributed by atoms with Crippen molar-refractivity contribution in [3.8, 4) is 5.75 Å². The second-order valence-electron chi connectivity index (χ2n) is 9.04. The highest BCUT2D eigenvalue weighted by Crippen LogP contribution is 2.62. The standard InChI is InChI=1S/C23H30O4/c1-13-11-17(26-14(2)24)12-16-5-6-18-19(22(13)16)9-10-23(4)20(18)7-8-21(23)27-15(3)25/h11-12,18-21H,5-10H2,1-4H3/t18-,19+,20+,21?,23+/m1/s1. The molecule has 0 saturated heterocycles. The molecule has 1 aromatic carbocycles. The molecule has 1 aromatic rings. The van der Waals surface area contributed by atoms with E-state index in [1.165, 1.54) is 37.0 Å². The Morgan fingerprint density at radius 2 is 1.85 bits per heavy atom. The topological polar surface area (TPSA) is 52.6 Å². The van der Waals surface area contributed by atoms with Crippen molar-refractivity contribution in [1.29, 1.82) is 0 Å². The van der Waals surface area contributed by atoms with Crippen LogP contribution in [-0.2, 0) is 20.7 Å². The average molecular weight is 370 g/mol. The summed E-state index contributed by atoms with van der Waals surface area (Å²) in [4.78, 5) is 22.9. The lowest BCUT2D eigenvalue weighted by molar-refractivity contribution is -0.154. The molecular formula is C23H30O4. The molecule has 146 valence electrons. The molecule has 0 bridgehead atoms. The van der Waals surface area contributed by atoms with Gasteiger partial charge in [0.25, 0.3) is 0 Å². The third kappa shape index (κ3) is 3.07. The summed E-state index contributed by atoms with van der Waals surface area (Å²) < 4.78 is 11.1. The van der Waals surface area contributed by atoms with E-state index in [1.54, 1.807) is 0 Å². The summed E-state index contributed by atoms with van der Waals surface area (Å²) in [7, 11) is 0. The summed E-state index contributed by atoms with van der Waals surface area (Å²) in [6.07, 6.45) is 6.72. The quantitative estimate of drug-likeness (QED) is 0.559. The highest BCUT2D eigenvalue weighted by Gasteiger charge is 2.56. The highest BCUT2D eigenvalue weighted by molar-refractivity contribution is 5.69. The Bertz CT molecular complexity index is 783. The largest absolute Gasteiger partial charge is 0.462 e. The van der Waals surface area contributed by atoms with Crippen molar-refractivity contribution in [2.45, 2.75) is 78.2 Å². The predicted molar refractivity (Wildman–Crippen MR) is 103 cm³/mol. The van der Waals surface area contributed by atoms with Gasteiger partial charge < -0.3 is 9.47 Å². The predicted octanol–water partition coefficient (Wildman–Crippen LogP) is 4.71. The average Bonchev–Trinajstić information content (AvgIpc) is 2.90. The molecule has 27 heavy (non-hydrogen) atoms. The van der Waals surface area contributed by atoms with Crippen LogP contribution in [0.1, 0.15) is 75.5 Å². The van der Waals surface area contributed by atoms with Crippen LogP contribution < -0.4 is 4.74 Å². The summed E-state index contributed by atoms with van der Waals surface area (Å²) in [6, 6.07) is 4.09. The third-order valence-electron chi connectivity index (χ3n) is 7.48. The molecular weight excluding hydrogens is 340 g/mol. The zero-order valence-electron chi connectivity index (χ0n) is 16.8. The van der Waals surface area contributed by atoms with Crippen LogP contribution in [0.15, 0.2) is 12.1 Å². The molecule has 1 unspecified atom stereocenters. The fourth-order valence-electron chi connectivity index (χ4n) is 6.51. The van der Waals surface area contributed by atoms with E-state index in [0.29, 0.717) is 23.5 Å². The zero-order chi connectivity index (χ0) is 19.3. The maximum atomic E-state index is 11.6. The Labute approximate surface area is 161 Å². The SMILES string of the molecule is CC(=O)Oc1cc(C)c2c(c1)CC[C@@H]1[C@@H]2CC[C@]2(C)C(OC(C)=O)CC[C@@H]12. The van der Waals surface area contributed by atoms with Gasteiger partial charge in [-0.2, -0.15) is 0 Å². The molecule has 0 amide bonds. The van der Waals surface area contributed by atoms with Crippen molar-refractivity contribution in [3.05, 3.63) is 28.8 Å². The number of carbonyl (C=O) groups excluding carboxylic acids is 2. The van der Waals surface area contributed by atoms with Crippen LogP contribution in [0.4, 0.5) is 0 Å². The summed E-state index contributed by atoms with van der Waals surface area (Å²) in [5.41, 5.74) is 4.21. The second-order valence-corrected chi connectivity index (χ2v) is 9.04. The summed E-state index contributed by atoms with van der Waals surface area (Å²) in [6.45, 7) is 7.48. The first kappa shape index (κ1) is 18.5. The maximum absolute atomic E-state index is 11.6. The van der Waals surface area contributed by atoms with E-state index in [0.717, 1.165) is 32.1 Å². The van der Waals surface area contributed by atoms with Gasteiger partial charge in [-0.25, -0.2) is 0 Å². The van der Waals surface area contributed by atoms with Crippen LogP contribution in [0.2, 0.25) is 0 Å². The molecule has 5 atom stereocenters. The number of hydrogen-bond donors (Lipinski definition) is 0. The normalized spacial score (nSPS) is 34.2. The van der Waals surface area contributed by atoms with Crippen LogP contribution in [0.5, 0.6) is 5.75 Å². The van der Waals surface area contributed by atoms with Gasteiger partial charge in [-0.15, -0.1) is 0 Å². The lowest BCUT2D eigenvalue weighted by atomic mass is 9.55. The smallest absolute Gasteiger partial charge is 0.308 e.